The largest absolute Gasteiger partial charge is 0.497 e. The molecular formula is C72H109NO12. The van der Waals surface area contributed by atoms with Gasteiger partial charge in [-0.05, 0) is 90.0 Å². The molecule has 4 aromatic carbocycles. The van der Waals surface area contributed by atoms with E-state index in [-0.39, 0.29) is 38.9 Å². The molecule has 1 amide bonds. The number of allylic oxidation sites excluding steroid dienone is 1. The third-order valence-corrected chi connectivity index (χ3v) is 16.1. The van der Waals surface area contributed by atoms with Crippen molar-refractivity contribution in [1.82, 2.24) is 5.32 Å². The van der Waals surface area contributed by atoms with Gasteiger partial charge < -0.3 is 57.8 Å². The minimum atomic E-state index is -1.07. The number of benzene rings is 4. The maximum atomic E-state index is 13.9. The van der Waals surface area contributed by atoms with Crippen LogP contribution < -0.4 is 24.3 Å². The average molecular weight is 1180 g/mol. The van der Waals surface area contributed by atoms with Crippen molar-refractivity contribution in [2.45, 2.75) is 250 Å². The summed E-state index contributed by atoms with van der Waals surface area (Å²) < 4.78 is 63.3. The van der Waals surface area contributed by atoms with Crippen molar-refractivity contribution < 1.29 is 57.3 Å². The summed E-state index contributed by atoms with van der Waals surface area (Å²) in [5.74, 6) is 2.83. The fraction of sp³-hybridized carbons (Fsp3) is 0.625. The summed E-state index contributed by atoms with van der Waals surface area (Å²) >= 11 is 0. The second kappa shape index (κ2) is 44.4. The molecule has 1 saturated heterocycles. The van der Waals surface area contributed by atoms with Gasteiger partial charge in [0, 0.05) is 6.42 Å². The van der Waals surface area contributed by atoms with Gasteiger partial charge in [0.2, 0.25) is 5.91 Å². The highest BCUT2D eigenvalue weighted by Gasteiger charge is 2.49. The third-order valence-electron chi connectivity index (χ3n) is 16.1. The molecule has 0 aromatic heterocycles. The monoisotopic (exact) mass is 1180 g/mol. The predicted molar refractivity (Wildman–Crippen MR) is 340 cm³/mol. The van der Waals surface area contributed by atoms with E-state index in [1.807, 2.05) is 109 Å². The Balaban J connectivity index is 1.38. The summed E-state index contributed by atoms with van der Waals surface area (Å²) in [5.41, 5.74) is 3.68. The first-order valence-corrected chi connectivity index (χ1v) is 32.6. The highest BCUT2D eigenvalue weighted by atomic mass is 16.7. The first-order valence-electron chi connectivity index (χ1n) is 32.6. The zero-order valence-corrected chi connectivity index (χ0v) is 53.0. The van der Waals surface area contributed by atoms with Crippen molar-refractivity contribution in [3.63, 3.8) is 0 Å². The van der Waals surface area contributed by atoms with E-state index in [0.29, 0.717) is 13.0 Å². The van der Waals surface area contributed by atoms with Crippen LogP contribution in [0.5, 0.6) is 23.0 Å². The van der Waals surface area contributed by atoms with Gasteiger partial charge in [-0.15, -0.1) is 0 Å². The molecule has 474 valence electrons. The molecule has 0 spiro atoms. The molecule has 7 atom stereocenters. The molecule has 85 heavy (non-hydrogen) atoms. The minimum absolute atomic E-state index is 0.0800. The number of carbonyl (C=O) groups is 1. The first-order chi connectivity index (χ1) is 41.8. The maximum Gasteiger partial charge on any atom is 0.220 e. The molecule has 0 radical (unpaired) electrons. The van der Waals surface area contributed by atoms with E-state index in [0.717, 1.165) is 83.8 Å². The number of carbonyl (C=O) groups excluding carboxylic acids is 1. The number of hydrogen-bond acceptors (Lipinski definition) is 12. The Bertz CT molecular complexity index is 2290. The van der Waals surface area contributed by atoms with Crippen molar-refractivity contribution >= 4 is 5.91 Å². The number of rotatable bonds is 49. The normalized spacial score (nSPS) is 17.7. The van der Waals surface area contributed by atoms with Gasteiger partial charge in [-0.1, -0.05) is 216 Å². The number of aliphatic hydroxyl groups excluding tert-OH is 1. The Labute approximate surface area is 512 Å². The first kappa shape index (κ1) is 70.8. The predicted octanol–water partition coefficient (Wildman–Crippen LogP) is 16.3. The number of amides is 1. The Morgan fingerprint density at radius 1 is 0.471 bits per heavy atom. The van der Waals surface area contributed by atoms with Crippen LogP contribution in [0.3, 0.4) is 0 Å². The minimum Gasteiger partial charge on any atom is -0.497 e. The van der Waals surface area contributed by atoms with Crippen LogP contribution in [0, 0.1) is 0 Å². The van der Waals surface area contributed by atoms with Crippen LogP contribution in [0.25, 0.3) is 0 Å². The SMILES string of the molecule is CCCCCCCCCCCCC/C=C/[C@@H](O)[C@H](CO[C@@H]1O[C@H](COCc2ccc(OC)cc2)[C@@H](OCc2ccc(OC)cc2)[C@H](OCc2ccc(OC)cc2)[C@H]1OCc1ccc(OC)cc1)NC(=O)CCCCCCCCCCCCCCC. The molecule has 13 heteroatoms. The Morgan fingerprint density at radius 3 is 1.25 bits per heavy atom. The van der Waals surface area contributed by atoms with Gasteiger partial charge in [0.05, 0.1) is 80.2 Å². The number of hydrogen-bond donors (Lipinski definition) is 2. The molecule has 13 nitrogen and oxygen atoms in total. The van der Waals surface area contributed by atoms with Gasteiger partial charge in [0.25, 0.3) is 0 Å². The second-order valence-electron chi connectivity index (χ2n) is 23.0. The van der Waals surface area contributed by atoms with E-state index in [1.165, 1.54) is 122 Å². The standard InChI is InChI=1S/C72H109NO12/c1-7-9-11-13-15-17-19-21-23-25-27-29-31-33-66(74)65(73-68(75)34-32-30-28-26-24-22-20-18-16-14-12-10-8-2)55-84-72-71(83-54-60-41-49-64(79-6)50-42-60)70(82-53-59-39-47-63(78-5)48-40-59)69(81-52-58-37-45-62(77-4)46-38-58)67(85-72)56-80-51-57-35-43-61(76-3)44-36-57/h31,33,35-50,65-67,69-72,74H,7-30,32,34,51-56H2,1-6H3,(H,73,75)/b33-31+/t65-,66+,67+,69+,70-,71+,72+/m0/s1. The van der Waals surface area contributed by atoms with Gasteiger partial charge >= 0.3 is 0 Å². The Morgan fingerprint density at radius 2 is 0.835 bits per heavy atom. The quantitative estimate of drug-likeness (QED) is 0.0321. The Hall–Kier alpha value is -4.99. The van der Waals surface area contributed by atoms with Gasteiger partial charge in [-0.3, -0.25) is 4.79 Å². The van der Waals surface area contributed by atoms with E-state index in [1.54, 1.807) is 28.4 Å². The molecule has 0 aliphatic carbocycles. The summed E-state index contributed by atoms with van der Waals surface area (Å²) in [6.45, 7) is 5.45. The van der Waals surface area contributed by atoms with Gasteiger partial charge in [-0.2, -0.15) is 0 Å². The van der Waals surface area contributed by atoms with Gasteiger partial charge in [0.15, 0.2) is 6.29 Å². The van der Waals surface area contributed by atoms with Crippen LogP contribution in [0.2, 0.25) is 0 Å². The van der Waals surface area contributed by atoms with E-state index >= 15 is 0 Å². The smallest absolute Gasteiger partial charge is 0.220 e. The van der Waals surface area contributed by atoms with Crippen LogP contribution in [-0.2, 0) is 59.6 Å². The highest BCUT2D eigenvalue weighted by Crippen LogP contribution is 2.33. The summed E-state index contributed by atoms with van der Waals surface area (Å²) in [6.07, 6.45) is 29.7. The van der Waals surface area contributed by atoms with Gasteiger partial charge in [0.1, 0.15) is 47.4 Å². The Kier molecular flexibility index (Phi) is 37.0. The zero-order chi connectivity index (χ0) is 60.4. The molecule has 2 N–H and O–H groups in total. The zero-order valence-electron chi connectivity index (χ0n) is 53.0. The maximum absolute atomic E-state index is 13.9. The van der Waals surface area contributed by atoms with E-state index < -0.39 is 42.9 Å². The lowest BCUT2D eigenvalue weighted by molar-refractivity contribution is -0.329. The molecule has 1 aliphatic rings. The second-order valence-corrected chi connectivity index (χ2v) is 23.0. The molecule has 1 fully saturated rings. The van der Waals surface area contributed by atoms with E-state index in [2.05, 4.69) is 19.2 Å². The number of ether oxygens (including phenoxy) is 10. The summed E-state index contributed by atoms with van der Waals surface area (Å²) in [6, 6.07) is 30.2. The lowest BCUT2D eigenvalue weighted by Crippen LogP contribution is -2.62. The molecule has 0 unspecified atom stereocenters. The molecule has 0 saturated carbocycles. The van der Waals surface area contributed by atoms with Crippen LogP contribution in [0.1, 0.15) is 203 Å². The molecule has 4 aromatic rings. The molecule has 5 rings (SSSR count). The molecule has 0 bridgehead atoms. The van der Waals surface area contributed by atoms with Crippen LogP contribution in [0.4, 0.5) is 0 Å². The van der Waals surface area contributed by atoms with Crippen molar-refractivity contribution in [3.8, 4) is 23.0 Å². The topological polar surface area (TPSA) is 142 Å². The number of nitrogens with one attached hydrogen (secondary N) is 1. The summed E-state index contributed by atoms with van der Waals surface area (Å²) in [4.78, 5) is 13.9. The van der Waals surface area contributed by atoms with E-state index in [4.69, 9.17) is 47.4 Å². The van der Waals surface area contributed by atoms with Crippen molar-refractivity contribution in [3.05, 3.63) is 131 Å². The lowest BCUT2D eigenvalue weighted by atomic mass is 9.97. The van der Waals surface area contributed by atoms with Crippen molar-refractivity contribution in [2.24, 2.45) is 0 Å². The summed E-state index contributed by atoms with van der Waals surface area (Å²) in [5, 5.41) is 15.2. The molecule has 1 heterocycles. The van der Waals surface area contributed by atoms with E-state index in [9.17, 15) is 9.90 Å². The van der Waals surface area contributed by atoms with Crippen molar-refractivity contribution in [2.75, 3.05) is 41.7 Å². The third kappa shape index (κ3) is 29.0. The summed E-state index contributed by atoms with van der Waals surface area (Å²) in [7, 11) is 6.58. The fourth-order valence-corrected chi connectivity index (χ4v) is 10.8. The van der Waals surface area contributed by atoms with Crippen LogP contribution >= 0.6 is 0 Å². The number of aliphatic hydroxyl groups is 1. The number of unbranched alkanes of at least 4 members (excludes halogenated alkanes) is 23. The van der Waals surface area contributed by atoms with Crippen LogP contribution in [-0.4, -0.2) is 95.5 Å². The molecule has 1 aliphatic heterocycles. The fourth-order valence-electron chi connectivity index (χ4n) is 10.8. The van der Waals surface area contributed by atoms with Crippen LogP contribution in [0.15, 0.2) is 109 Å². The average Bonchev–Trinajstić information content (AvgIpc) is 3.62. The molecular weight excluding hydrogens is 1070 g/mol. The number of methoxy groups -OCH3 is 4. The lowest BCUT2D eigenvalue weighted by Gasteiger charge is -2.46. The highest BCUT2D eigenvalue weighted by molar-refractivity contribution is 5.76. The van der Waals surface area contributed by atoms with Gasteiger partial charge in [-0.25, -0.2) is 0 Å². The van der Waals surface area contributed by atoms with Crippen molar-refractivity contribution in [1.29, 1.82) is 0 Å².